The summed E-state index contributed by atoms with van der Waals surface area (Å²) in [6.07, 6.45) is 1.04. The third-order valence-corrected chi connectivity index (χ3v) is 4.78. The first kappa shape index (κ1) is 14.9. The first-order chi connectivity index (χ1) is 10.3. The topological polar surface area (TPSA) is 57.6 Å². The Morgan fingerprint density at radius 3 is 2.64 bits per heavy atom. The van der Waals surface area contributed by atoms with Gasteiger partial charge in [0.05, 0.1) is 5.41 Å². The van der Waals surface area contributed by atoms with Gasteiger partial charge in [-0.05, 0) is 43.4 Å². The van der Waals surface area contributed by atoms with Crippen molar-refractivity contribution in [3.63, 3.8) is 0 Å². The summed E-state index contributed by atoms with van der Waals surface area (Å²) in [6.45, 7) is 2.28. The van der Waals surface area contributed by atoms with Gasteiger partial charge in [-0.3, -0.25) is 9.59 Å². The molecule has 118 valence electrons. The molecule has 1 heterocycles. The van der Waals surface area contributed by atoms with Gasteiger partial charge in [0.25, 0.3) is 0 Å². The second-order valence-corrected chi connectivity index (χ2v) is 6.50. The lowest BCUT2D eigenvalue weighted by molar-refractivity contribution is -0.147. The molecule has 1 aromatic carbocycles. The summed E-state index contributed by atoms with van der Waals surface area (Å²) in [6, 6.07) is 3.71. The van der Waals surface area contributed by atoms with Crippen LogP contribution in [0, 0.1) is 23.0 Å². The highest BCUT2D eigenvalue weighted by Crippen LogP contribution is 2.49. The number of likely N-dealkylation sites (tertiary alicyclic amines) is 1. The van der Waals surface area contributed by atoms with Gasteiger partial charge >= 0.3 is 5.97 Å². The standard InChI is InChI=1S/C16H17F2NO3/c1-16(15(21)22)4-5-19(8-16)14(20)11-7-10(11)9-2-3-12(17)13(18)6-9/h2-3,6,10-11H,4-5,7-8H2,1H3,(H,21,22)/t10-,11+,16-/m0/s1. The van der Waals surface area contributed by atoms with Crippen molar-refractivity contribution in [2.24, 2.45) is 11.3 Å². The SMILES string of the molecule is C[C@]1(C(=O)O)CCN(C(=O)[C@@H]2C[C@H]2c2ccc(F)c(F)c2)C1. The number of aliphatic carboxylic acids is 1. The average Bonchev–Trinajstić information content (AvgIpc) is 3.16. The van der Waals surface area contributed by atoms with Crippen molar-refractivity contribution in [2.45, 2.75) is 25.7 Å². The number of carboxylic acid groups (broad SMARTS) is 1. The van der Waals surface area contributed by atoms with Crippen LogP contribution in [0.1, 0.15) is 31.2 Å². The van der Waals surface area contributed by atoms with Crippen molar-refractivity contribution >= 4 is 11.9 Å². The summed E-state index contributed by atoms with van der Waals surface area (Å²) in [5.74, 6) is -3.13. The highest BCUT2D eigenvalue weighted by atomic mass is 19.2. The van der Waals surface area contributed by atoms with E-state index in [1.165, 1.54) is 6.07 Å². The van der Waals surface area contributed by atoms with Gasteiger partial charge in [0.1, 0.15) is 0 Å². The predicted octanol–water partition coefficient (Wildman–Crippen LogP) is 2.39. The Labute approximate surface area is 126 Å². The van der Waals surface area contributed by atoms with Crippen molar-refractivity contribution < 1.29 is 23.5 Å². The van der Waals surface area contributed by atoms with Gasteiger partial charge < -0.3 is 10.0 Å². The molecule has 1 saturated carbocycles. The van der Waals surface area contributed by atoms with Gasteiger partial charge in [-0.25, -0.2) is 8.78 Å². The number of carboxylic acids is 1. The minimum Gasteiger partial charge on any atom is -0.481 e. The van der Waals surface area contributed by atoms with Crippen LogP contribution in [0.25, 0.3) is 0 Å². The summed E-state index contributed by atoms with van der Waals surface area (Å²) in [5.41, 5.74) is -0.264. The molecule has 3 rings (SSSR count). The number of benzene rings is 1. The highest BCUT2D eigenvalue weighted by molar-refractivity contribution is 5.85. The monoisotopic (exact) mass is 309 g/mol. The fourth-order valence-electron chi connectivity index (χ4n) is 3.14. The largest absolute Gasteiger partial charge is 0.481 e. The molecule has 3 atom stereocenters. The minimum absolute atomic E-state index is 0.0836. The first-order valence-electron chi connectivity index (χ1n) is 7.29. The molecule has 1 aliphatic heterocycles. The van der Waals surface area contributed by atoms with Gasteiger partial charge in [-0.15, -0.1) is 0 Å². The van der Waals surface area contributed by atoms with Crippen LogP contribution in [0.4, 0.5) is 8.78 Å². The Morgan fingerprint density at radius 1 is 1.32 bits per heavy atom. The molecule has 1 aliphatic carbocycles. The van der Waals surface area contributed by atoms with Crippen LogP contribution < -0.4 is 0 Å². The van der Waals surface area contributed by atoms with E-state index in [9.17, 15) is 23.5 Å². The number of rotatable bonds is 3. The van der Waals surface area contributed by atoms with E-state index in [0.717, 1.165) is 12.1 Å². The van der Waals surface area contributed by atoms with Gasteiger partial charge in [0.15, 0.2) is 11.6 Å². The zero-order chi connectivity index (χ0) is 16.1. The number of hydrogen-bond donors (Lipinski definition) is 1. The lowest BCUT2D eigenvalue weighted by Crippen LogP contribution is -2.35. The van der Waals surface area contributed by atoms with E-state index in [1.54, 1.807) is 11.8 Å². The van der Waals surface area contributed by atoms with Crippen molar-refractivity contribution in [3.05, 3.63) is 35.4 Å². The maximum Gasteiger partial charge on any atom is 0.311 e. The third-order valence-electron chi connectivity index (χ3n) is 4.78. The molecule has 1 N–H and O–H groups in total. The molecule has 0 unspecified atom stereocenters. The van der Waals surface area contributed by atoms with E-state index in [2.05, 4.69) is 0 Å². The van der Waals surface area contributed by atoms with E-state index < -0.39 is 23.0 Å². The van der Waals surface area contributed by atoms with Gasteiger partial charge in [0, 0.05) is 19.0 Å². The summed E-state index contributed by atoms with van der Waals surface area (Å²) < 4.78 is 26.2. The van der Waals surface area contributed by atoms with Crippen molar-refractivity contribution in [2.75, 3.05) is 13.1 Å². The van der Waals surface area contributed by atoms with Crippen LogP contribution in [0.3, 0.4) is 0 Å². The lowest BCUT2D eigenvalue weighted by atomic mass is 9.90. The van der Waals surface area contributed by atoms with E-state index in [1.807, 2.05) is 0 Å². The number of carbonyl (C=O) groups is 2. The van der Waals surface area contributed by atoms with Crippen molar-refractivity contribution in [1.82, 2.24) is 4.90 Å². The molecular formula is C16H17F2NO3. The zero-order valence-corrected chi connectivity index (χ0v) is 12.2. The zero-order valence-electron chi connectivity index (χ0n) is 12.2. The lowest BCUT2D eigenvalue weighted by Gasteiger charge is -2.20. The van der Waals surface area contributed by atoms with E-state index in [-0.39, 0.29) is 24.3 Å². The molecule has 4 nitrogen and oxygen atoms in total. The fraction of sp³-hybridized carbons (Fsp3) is 0.500. The minimum atomic E-state index is -0.907. The van der Waals surface area contributed by atoms with Gasteiger partial charge in [-0.2, -0.15) is 0 Å². The van der Waals surface area contributed by atoms with E-state index in [4.69, 9.17) is 0 Å². The number of carbonyl (C=O) groups excluding carboxylic acids is 1. The second kappa shape index (κ2) is 5.04. The van der Waals surface area contributed by atoms with Crippen LogP contribution in [-0.4, -0.2) is 35.0 Å². The van der Waals surface area contributed by atoms with Crippen molar-refractivity contribution in [3.8, 4) is 0 Å². The van der Waals surface area contributed by atoms with Crippen LogP contribution in [0.5, 0.6) is 0 Å². The second-order valence-electron chi connectivity index (χ2n) is 6.50. The Morgan fingerprint density at radius 2 is 2.05 bits per heavy atom. The van der Waals surface area contributed by atoms with Gasteiger partial charge in [-0.1, -0.05) is 6.07 Å². The molecule has 22 heavy (non-hydrogen) atoms. The molecule has 6 heteroatoms. The molecule has 0 spiro atoms. The molecule has 1 amide bonds. The third kappa shape index (κ3) is 2.46. The Hall–Kier alpha value is -1.98. The van der Waals surface area contributed by atoms with Crippen LogP contribution in [0.2, 0.25) is 0 Å². The Bertz CT molecular complexity index is 648. The predicted molar refractivity (Wildman–Crippen MR) is 74.1 cm³/mol. The quantitative estimate of drug-likeness (QED) is 0.932. The maximum absolute atomic E-state index is 13.3. The molecule has 1 aromatic rings. The van der Waals surface area contributed by atoms with Gasteiger partial charge in [0.2, 0.25) is 5.91 Å². The first-order valence-corrected chi connectivity index (χ1v) is 7.29. The Kier molecular flexibility index (Phi) is 3.42. The van der Waals surface area contributed by atoms with Crippen molar-refractivity contribution in [1.29, 1.82) is 0 Å². The summed E-state index contributed by atoms with van der Waals surface area (Å²) in [5, 5.41) is 9.20. The molecule has 0 aromatic heterocycles. The van der Waals surface area contributed by atoms with E-state index >= 15 is 0 Å². The van der Waals surface area contributed by atoms with Crippen LogP contribution in [0.15, 0.2) is 18.2 Å². The molecule has 1 saturated heterocycles. The normalized spacial score (nSPS) is 30.4. The Balaban J connectivity index is 1.66. The smallest absolute Gasteiger partial charge is 0.311 e. The number of hydrogen-bond acceptors (Lipinski definition) is 2. The summed E-state index contributed by atoms with van der Waals surface area (Å²) >= 11 is 0. The number of nitrogens with zero attached hydrogens (tertiary/aromatic N) is 1. The summed E-state index contributed by atoms with van der Waals surface area (Å²) in [7, 11) is 0. The highest BCUT2D eigenvalue weighted by Gasteiger charge is 2.50. The molecule has 2 aliphatic rings. The summed E-state index contributed by atoms with van der Waals surface area (Å²) in [4.78, 5) is 25.2. The number of amides is 1. The van der Waals surface area contributed by atoms with Crippen LogP contribution in [-0.2, 0) is 9.59 Å². The fourth-order valence-corrected chi connectivity index (χ4v) is 3.14. The molecule has 0 radical (unpaired) electrons. The van der Waals surface area contributed by atoms with Crippen LogP contribution >= 0.6 is 0 Å². The number of halogens is 2. The van der Waals surface area contributed by atoms with E-state index in [0.29, 0.717) is 24.9 Å². The molecular weight excluding hydrogens is 292 g/mol. The maximum atomic E-state index is 13.3. The average molecular weight is 309 g/mol. The molecule has 2 fully saturated rings. The molecule has 0 bridgehead atoms.